The van der Waals surface area contributed by atoms with Gasteiger partial charge in [0.1, 0.15) is 13.9 Å². The van der Waals surface area contributed by atoms with Crippen LogP contribution in [-0.2, 0) is 0 Å². The van der Waals surface area contributed by atoms with E-state index in [0.29, 0.717) is 10.4 Å². The number of rotatable bonds is 1. The molecular formula is C6H3BBrNOS. The van der Waals surface area contributed by atoms with E-state index in [1.807, 2.05) is 6.07 Å². The topological polar surface area (TPSA) is 40.9 Å². The highest BCUT2D eigenvalue weighted by Gasteiger charge is 2.10. The van der Waals surface area contributed by atoms with Crippen molar-refractivity contribution in [2.24, 2.45) is 0 Å². The summed E-state index contributed by atoms with van der Waals surface area (Å²) in [5.74, 6) is 0. The van der Waals surface area contributed by atoms with E-state index in [1.54, 1.807) is 7.85 Å². The van der Waals surface area contributed by atoms with E-state index < -0.39 is 0 Å². The van der Waals surface area contributed by atoms with Gasteiger partial charge in [-0.2, -0.15) is 5.26 Å². The van der Waals surface area contributed by atoms with Crippen LogP contribution in [0.2, 0.25) is 0 Å². The van der Waals surface area contributed by atoms with Crippen molar-refractivity contribution in [2.75, 3.05) is 0 Å². The first-order valence-electron chi connectivity index (χ1n) is 2.85. The predicted octanol–water partition coefficient (Wildman–Crippen LogP) is 0.453. The van der Waals surface area contributed by atoms with E-state index in [1.165, 1.54) is 11.3 Å². The van der Waals surface area contributed by atoms with Gasteiger partial charge in [0.25, 0.3) is 0 Å². The van der Waals surface area contributed by atoms with Crippen molar-refractivity contribution in [2.45, 2.75) is 0 Å². The molecule has 0 saturated heterocycles. The second-order valence-electron chi connectivity index (χ2n) is 1.97. The van der Waals surface area contributed by atoms with E-state index in [-0.39, 0.29) is 0 Å². The highest BCUT2D eigenvalue weighted by atomic mass is 79.9. The molecule has 0 aliphatic carbocycles. The first-order chi connectivity index (χ1) is 5.20. The molecule has 2 nitrogen and oxygen atoms in total. The molecule has 0 aromatic carbocycles. The minimum atomic E-state index is 0.567. The zero-order chi connectivity index (χ0) is 8.43. The molecule has 0 saturated carbocycles. The second-order valence-corrected chi connectivity index (χ2v) is 4.34. The van der Waals surface area contributed by atoms with Gasteiger partial charge in [0, 0.05) is 0 Å². The normalized spacial score (nSPS) is 9.09. The van der Waals surface area contributed by atoms with Gasteiger partial charge in [-0.15, -0.1) is 11.3 Å². The van der Waals surface area contributed by atoms with E-state index in [9.17, 15) is 4.79 Å². The summed E-state index contributed by atoms with van der Waals surface area (Å²) in [6, 6.07) is 2.02. The van der Waals surface area contributed by atoms with Crippen molar-refractivity contribution in [1.29, 1.82) is 5.26 Å². The molecule has 0 unspecified atom stereocenters. The van der Waals surface area contributed by atoms with Crippen LogP contribution in [0.4, 0.5) is 0 Å². The molecule has 0 bridgehead atoms. The molecule has 0 amide bonds. The molecule has 1 aromatic heterocycles. The van der Waals surface area contributed by atoms with Crippen molar-refractivity contribution in [3.05, 3.63) is 14.2 Å². The second kappa shape index (κ2) is 3.20. The fraction of sp³-hybridized carbons (Fsp3) is 0. The van der Waals surface area contributed by atoms with Gasteiger partial charge in [0.15, 0.2) is 6.29 Å². The molecule has 1 rings (SSSR count). The molecule has 0 radical (unpaired) electrons. The molecule has 54 valence electrons. The minimum absolute atomic E-state index is 0.567. The third-order valence-electron chi connectivity index (χ3n) is 1.36. The average molecular weight is 228 g/mol. The number of carbonyl (C=O) groups excluding carboxylic acids is 1. The lowest BCUT2D eigenvalue weighted by Crippen LogP contribution is -2.08. The lowest BCUT2D eigenvalue weighted by molar-refractivity contribution is 0.112. The zero-order valence-corrected chi connectivity index (χ0v) is 8.12. The summed E-state index contributed by atoms with van der Waals surface area (Å²) >= 11 is 4.50. The summed E-state index contributed by atoms with van der Waals surface area (Å²) < 4.78 is 0.736. The van der Waals surface area contributed by atoms with Crippen LogP contribution in [-0.4, -0.2) is 14.1 Å². The summed E-state index contributed by atoms with van der Waals surface area (Å²) in [6.07, 6.45) is 0.769. The van der Waals surface area contributed by atoms with Gasteiger partial charge >= 0.3 is 0 Å². The van der Waals surface area contributed by atoms with Crippen LogP contribution in [0, 0.1) is 11.3 Å². The number of nitrogens with zero attached hydrogens (tertiary/aromatic N) is 1. The summed E-state index contributed by atoms with van der Waals surface area (Å²) in [4.78, 5) is 11.0. The van der Waals surface area contributed by atoms with Gasteiger partial charge in [0.2, 0.25) is 0 Å². The zero-order valence-electron chi connectivity index (χ0n) is 5.72. The molecule has 0 N–H and O–H groups in total. The van der Waals surface area contributed by atoms with Gasteiger partial charge in [-0.1, -0.05) is 0 Å². The molecular weight excluding hydrogens is 225 g/mol. The van der Waals surface area contributed by atoms with Gasteiger partial charge in [-0.05, 0) is 21.4 Å². The van der Waals surface area contributed by atoms with Crippen LogP contribution in [0.15, 0.2) is 3.79 Å². The Hall–Kier alpha value is -0.595. The number of nitriles is 1. The molecule has 0 aliphatic rings. The molecule has 1 heterocycles. The Morgan fingerprint density at radius 3 is 2.64 bits per heavy atom. The van der Waals surface area contributed by atoms with Crippen molar-refractivity contribution >= 4 is 46.9 Å². The van der Waals surface area contributed by atoms with Crippen molar-refractivity contribution < 1.29 is 4.79 Å². The number of hydrogen-bond acceptors (Lipinski definition) is 3. The third kappa shape index (κ3) is 1.37. The van der Waals surface area contributed by atoms with E-state index in [0.717, 1.165) is 15.5 Å². The van der Waals surface area contributed by atoms with Crippen LogP contribution in [0.3, 0.4) is 0 Å². The lowest BCUT2D eigenvalue weighted by Gasteiger charge is -1.84. The van der Waals surface area contributed by atoms with Crippen LogP contribution in [0.1, 0.15) is 15.2 Å². The fourth-order valence-electron chi connectivity index (χ4n) is 0.735. The lowest BCUT2D eigenvalue weighted by atomic mass is 9.93. The summed E-state index contributed by atoms with van der Waals surface area (Å²) in [5, 5.41) is 8.62. The number of hydrogen-bond donors (Lipinski definition) is 0. The van der Waals surface area contributed by atoms with Crippen LogP contribution in [0.25, 0.3) is 0 Å². The minimum Gasteiger partial charge on any atom is -0.297 e. The molecule has 0 spiro atoms. The summed E-state index contributed by atoms with van der Waals surface area (Å²) in [5.41, 5.74) is 1.33. The van der Waals surface area contributed by atoms with E-state index >= 15 is 0 Å². The average Bonchev–Trinajstić information content (AvgIpc) is 2.26. The SMILES string of the molecule is Bc1c(C=O)sc(Br)c1C#N. The Morgan fingerprint density at radius 1 is 1.73 bits per heavy atom. The number of carbonyl (C=O) groups is 1. The van der Waals surface area contributed by atoms with Gasteiger partial charge in [-0.25, -0.2) is 0 Å². The molecule has 0 atom stereocenters. The van der Waals surface area contributed by atoms with Crippen LogP contribution in [0.5, 0.6) is 0 Å². The third-order valence-corrected chi connectivity index (χ3v) is 3.25. The van der Waals surface area contributed by atoms with Crippen molar-refractivity contribution in [3.63, 3.8) is 0 Å². The van der Waals surface area contributed by atoms with Gasteiger partial charge in [-0.3, -0.25) is 4.79 Å². The summed E-state index contributed by atoms with van der Waals surface area (Å²) in [7, 11) is 1.77. The predicted molar refractivity (Wildman–Crippen MR) is 50.3 cm³/mol. The highest BCUT2D eigenvalue weighted by Crippen LogP contribution is 2.23. The van der Waals surface area contributed by atoms with E-state index in [2.05, 4.69) is 15.9 Å². The number of aldehydes is 1. The molecule has 0 aliphatic heterocycles. The molecule has 1 aromatic rings. The first kappa shape index (κ1) is 8.50. The standard InChI is InChI=1S/C6H3BBrNOS/c7-5-3(1-9)6(8)11-4(5)2-10/h2H,7H2. The Kier molecular flexibility index (Phi) is 2.47. The monoisotopic (exact) mass is 227 g/mol. The molecule has 5 heteroatoms. The van der Waals surface area contributed by atoms with Crippen molar-refractivity contribution in [3.8, 4) is 6.07 Å². The Labute approximate surface area is 77.4 Å². The molecule has 11 heavy (non-hydrogen) atoms. The van der Waals surface area contributed by atoms with Crippen molar-refractivity contribution in [1.82, 2.24) is 0 Å². The Bertz CT molecular complexity index is 341. The number of halogens is 1. The van der Waals surface area contributed by atoms with E-state index in [4.69, 9.17) is 5.26 Å². The maximum absolute atomic E-state index is 10.4. The molecule has 0 fully saturated rings. The van der Waals surface area contributed by atoms with Crippen LogP contribution < -0.4 is 5.46 Å². The maximum atomic E-state index is 10.4. The van der Waals surface area contributed by atoms with Crippen LogP contribution >= 0.6 is 27.3 Å². The smallest absolute Gasteiger partial charge is 0.159 e. The summed E-state index contributed by atoms with van der Waals surface area (Å²) in [6.45, 7) is 0. The quantitative estimate of drug-likeness (QED) is 0.517. The first-order valence-corrected chi connectivity index (χ1v) is 4.45. The number of thiophene rings is 1. The van der Waals surface area contributed by atoms with Gasteiger partial charge < -0.3 is 0 Å². The Balaban J connectivity index is 3.39. The van der Waals surface area contributed by atoms with Gasteiger partial charge in [0.05, 0.1) is 14.2 Å². The highest BCUT2D eigenvalue weighted by molar-refractivity contribution is 9.11. The Morgan fingerprint density at radius 2 is 2.36 bits per heavy atom. The maximum Gasteiger partial charge on any atom is 0.159 e. The fourth-order valence-corrected chi connectivity index (χ4v) is 2.44. The largest absolute Gasteiger partial charge is 0.297 e.